The van der Waals surface area contributed by atoms with Gasteiger partial charge in [0.05, 0.1) is 5.56 Å². The molecule has 0 radical (unpaired) electrons. The lowest BCUT2D eigenvalue weighted by Crippen LogP contribution is -2.20. The Morgan fingerprint density at radius 1 is 1.00 bits per heavy atom. The lowest BCUT2D eigenvalue weighted by molar-refractivity contribution is 0.0962. The molecule has 2 aromatic carbocycles. The van der Waals surface area contributed by atoms with Gasteiger partial charge in [-0.3, -0.25) is 9.59 Å². The zero-order valence-corrected chi connectivity index (χ0v) is 15.2. The van der Waals surface area contributed by atoms with Gasteiger partial charge >= 0.3 is 0 Å². The fourth-order valence-electron chi connectivity index (χ4n) is 2.64. The Morgan fingerprint density at radius 3 is 2.61 bits per heavy atom. The van der Waals surface area contributed by atoms with E-state index in [4.69, 9.17) is 0 Å². The molecule has 1 aromatic heterocycles. The molecule has 6 nitrogen and oxygen atoms in total. The molecular formula is C21H19FN4O2. The molecule has 0 spiro atoms. The highest BCUT2D eigenvalue weighted by atomic mass is 19.1. The highest BCUT2D eigenvalue weighted by Crippen LogP contribution is 2.16. The van der Waals surface area contributed by atoms with E-state index in [1.807, 2.05) is 6.07 Å². The molecule has 2 amide bonds. The Bertz CT molecular complexity index is 1010. The number of anilines is 2. The van der Waals surface area contributed by atoms with Crippen LogP contribution < -0.4 is 16.0 Å². The van der Waals surface area contributed by atoms with Gasteiger partial charge in [-0.1, -0.05) is 18.2 Å². The number of carbonyl (C=O) groups is 2. The quantitative estimate of drug-likeness (QED) is 0.614. The molecule has 28 heavy (non-hydrogen) atoms. The molecule has 0 saturated heterocycles. The second-order valence-electron chi connectivity index (χ2n) is 6.00. The average molecular weight is 378 g/mol. The summed E-state index contributed by atoms with van der Waals surface area (Å²) >= 11 is 0. The van der Waals surface area contributed by atoms with Crippen LogP contribution in [0.4, 0.5) is 15.9 Å². The Labute approximate surface area is 161 Å². The molecule has 0 unspecified atom stereocenters. The monoisotopic (exact) mass is 378 g/mol. The Morgan fingerprint density at radius 2 is 1.82 bits per heavy atom. The molecule has 0 fully saturated rings. The van der Waals surface area contributed by atoms with Crippen molar-refractivity contribution < 1.29 is 14.0 Å². The average Bonchev–Trinajstić information content (AvgIpc) is 2.72. The zero-order valence-electron chi connectivity index (χ0n) is 15.2. The molecule has 0 aliphatic heterocycles. The third-order valence-electron chi connectivity index (χ3n) is 4.01. The number of hydrogen-bond acceptors (Lipinski definition) is 4. The summed E-state index contributed by atoms with van der Waals surface area (Å²) in [5.74, 6) is -0.619. The van der Waals surface area contributed by atoms with Gasteiger partial charge in [0, 0.05) is 31.0 Å². The largest absolute Gasteiger partial charge is 0.365 e. The van der Waals surface area contributed by atoms with Gasteiger partial charge in [0.1, 0.15) is 11.6 Å². The topological polar surface area (TPSA) is 83.1 Å². The fourth-order valence-corrected chi connectivity index (χ4v) is 2.64. The van der Waals surface area contributed by atoms with Crippen LogP contribution in [-0.2, 0) is 6.54 Å². The maximum absolute atomic E-state index is 13.3. The summed E-state index contributed by atoms with van der Waals surface area (Å²) in [6.07, 6.45) is 1.60. The van der Waals surface area contributed by atoms with Gasteiger partial charge in [0.15, 0.2) is 0 Å². The maximum atomic E-state index is 13.3. The minimum Gasteiger partial charge on any atom is -0.365 e. The number of benzene rings is 2. The van der Waals surface area contributed by atoms with E-state index >= 15 is 0 Å². The van der Waals surface area contributed by atoms with Crippen molar-refractivity contribution in [2.24, 2.45) is 0 Å². The summed E-state index contributed by atoms with van der Waals surface area (Å²) in [6.45, 7) is 0.407. The van der Waals surface area contributed by atoms with E-state index in [1.165, 1.54) is 18.2 Å². The van der Waals surface area contributed by atoms with E-state index in [2.05, 4.69) is 20.9 Å². The van der Waals surface area contributed by atoms with Crippen LogP contribution in [0.2, 0.25) is 0 Å². The van der Waals surface area contributed by atoms with E-state index in [0.29, 0.717) is 23.6 Å². The molecular weight excluding hydrogens is 359 g/mol. The fraction of sp³-hybridized carbons (Fsp3) is 0.0952. The van der Waals surface area contributed by atoms with E-state index in [0.717, 1.165) is 5.56 Å². The van der Waals surface area contributed by atoms with Gasteiger partial charge in [0.25, 0.3) is 11.8 Å². The van der Waals surface area contributed by atoms with Crippen molar-refractivity contribution in [1.29, 1.82) is 0 Å². The Hall–Kier alpha value is -3.74. The van der Waals surface area contributed by atoms with Crippen LogP contribution in [0.1, 0.15) is 26.3 Å². The van der Waals surface area contributed by atoms with Crippen molar-refractivity contribution in [3.05, 3.63) is 89.4 Å². The first-order chi connectivity index (χ1) is 13.6. The predicted octanol–water partition coefficient (Wildman–Crippen LogP) is 3.44. The van der Waals surface area contributed by atoms with Gasteiger partial charge in [-0.25, -0.2) is 9.37 Å². The van der Waals surface area contributed by atoms with Crippen molar-refractivity contribution in [2.45, 2.75) is 6.54 Å². The first kappa shape index (κ1) is 19.0. The highest BCUT2D eigenvalue weighted by Gasteiger charge is 2.11. The molecule has 3 N–H and O–H groups in total. The predicted molar refractivity (Wildman–Crippen MR) is 106 cm³/mol. The lowest BCUT2D eigenvalue weighted by Gasteiger charge is -2.11. The molecule has 3 rings (SSSR count). The molecule has 3 aromatic rings. The second-order valence-corrected chi connectivity index (χ2v) is 6.00. The number of rotatable bonds is 6. The van der Waals surface area contributed by atoms with Gasteiger partial charge in [-0.15, -0.1) is 0 Å². The lowest BCUT2D eigenvalue weighted by atomic mass is 10.1. The number of nitrogens with one attached hydrogen (secondary N) is 3. The van der Waals surface area contributed by atoms with Crippen LogP contribution in [0.15, 0.2) is 66.9 Å². The number of pyridine rings is 1. The van der Waals surface area contributed by atoms with Gasteiger partial charge < -0.3 is 16.0 Å². The zero-order chi connectivity index (χ0) is 19.9. The van der Waals surface area contributed by atoms with Crippen molar-refractivity contribution >= 4 is 23.3 Å². The molecule has 0 saturated carbocycles. The van der Waals surface area contributed by atoms with Crippen LogP contribution in [0.25, 0.3) is 0 Å². The number of carbonyl (C=O) groups excluding carboxylic acids is 2. The van der Waals surface area contributed by atoms with Crippen LogP contribution in [0.3, 0.4) is 0 Å². The normalized spacial score (nSPS) is 10.2. The van der Waals surface area contributed by atoms with Crippen molar-refractivity contribution in [2.75, 3.05) is 17.7 Å². The van der Waals surface area contributed by atoms with E-state index < -0.39 is 11.7 Å². The SMILES string of the molecule is CNC(=O)c1cccnc1NCc1cccc(NC(=O)c2cccc(F)c2)c1. The summed E-state index contributed by atoms with van der Waals surface area (Å²) in [7, 11) is 1.56. The number of aromatic nitrogens is 1. The second kappa shape index (κ2) is 8.77. The summed E-state index contributed by atoms with van der Waals surface area (Å²) < 4.78 is 13.3. The van der Waals surface area contributed by atoms with Crippen LogP contribution in [0.5, 0.6) is 0 Å². The smallest absolute Gasteiger partial charge is 0.255 e. The number of hydrogen-bond donors (Lipinski definition) is 3. The first-order valence-electron chi connectivity index (χ1n) is 8.63. The minimum absolute atomic E-state index is 0.230. The van der Waals surface area contributed by atoms with Crippen LogP contribution in [-0.4, -0.2) is 23.8 Å². The highest BCUT2D eigenvalue weighted by molar-refractivity contribution is 6.04. The van der Waals surface area contributed by atoms with Gasteiger partial charge in [-0.05, 0) is 48.0 Å². The summed E-state index contributed by atoms with van der Waals surface area (Å²) in [5, 5.41) is 8.46. The van der Waals surface area contributed by atoms with Crippen LogP contribution in [0, 0.1) is 5.82 Å². The standard InChI is InChI=1S/C21H19FN4O2/c1-23-21(28)18-9-4-10-24-19(18)25-13-14-5-2-8-17(11-14)26-20(27)15-6-3-7-16(22)12-15/h2-12H,13H2,1H3,(H,23,28)(H,24,25)(H,26,27). The van der Waals surface area contributed by atoms with Crippen molar-refractivity contribution in [1.82, 2.24) is 10.3 Å². The summed E-state index contributed by atoms with van der Waals surface area (Å²) in [6, 6.07) is 16.1. The maximum Gasteiger partial charge on any atom is 0.255 e. The Kier molecular flexibility index (Phi) is 5.96. The third-order valence-corrected chi connectivity index (χ3v) is 4.01. The van der Waals surface area contributed by atoms with Gasteiger partial charge in [-0.2, -0.15) is 0 Å². The van der Waals surface area contributed by atoms with E-state index in [1.54, 1.807) is 49.6 Å². The molecule has 7 heteroatoms. The van der Waals surface area contributed by atoms with E-state index in [9.17, 15) is 14.0 Å². The molecule has 0 bridgehead atoms. The molecule has 0 aliphatic rings. The van der Waals surface area contributed by atoms with Crippen LogP contribution >= 0.6 is 0 Å². The number of amides is 2. The third kappa shape index (κ3) is 4.70. The summed E-state index contributed by atoms with van der Waals surface area (Å²) in [5.41, 5.74) is 2.15. The molecule has 142 valence electrons. The van der Waals surface area contributed by atoms with Crippen molar-refractivity contribution in [3.63, 3.8) is 0 Å². The molecule has 1 heterocycles. The molecule has 0 aliphatic carbocycles. The summed E-state index contributed by atoms with van der Waals surface area (Å²) in [4.78, 5) is 28.4. The van der Waals surface area contributed by atoms with Crippen molar-refractivity contribution in [3.8, 4) is 0 Å². The first-order valence-corrected chi connectivity index (χ1v) is 8.63. The Balaban J connectivity index is 1.69. The number of halogens is 1. The number of nitrogens with zero attached hydrogens (tertiary/aromatic N) is 1. The molecule has 0 atom stereocenters. The van der Waals surface area contributed by atoms with E-state index in [-0.39, 0.29) is 11.5 Å². The minimum atomic E-state index is -0.465. The van der Waals surface area contributed by atoms with Gasteiger partial charge in [0.2, 0.25) is 0 Å².